The molecule has 0 amide bonds. The Bertz CT molecular complexity index is 233. The van der Waals surface area contributed by atoms with Crippen LogP contribution in [-0.4, -0.2) is 12.6 Å². The first-order valence-corrected chi connectivity index (χ1v) is 4.79. The number of carbonyl (C=O) groups excluding carboxylic acids is 1. The van der Waals surface area contributed by atoms with Crippen molar-refractivity contribution in [1.29, 1.82) is 0 Å². The maximum atomic E-state index is 11.4. The maximum Gasteiger partial charge on any atom is 0.335 e. The fourth-order valence-electron chi connectivity index (χ4n) is 1.57. The minimum absolute atomic E-state index is 0.230. The van der Waals surface area contributed by atoms with Crippen LogP contribution in [0.25, 0.3) is 0 Å². The quantitative estimate of drug-likeness (QED) is 0.661. The molecular formula is C10H17NO2. The first-order chi connectivity index (χ1) is 6.15. The zero-order valence-corrected chi connectivity index (χ0v) is 8.30. The molecule has 2 N–H and O–H groups in total. The van der Waals surface area contributed by atoms with E-state index in [0.717, 1.165) is 25.0 Å². The zero-order valence-electron chi connectivity index (χ0n) is 8.30. The van der Waals surface area contributed by atoms with Gasteiger partial charge in [-0.3, -0.25) is 0 Å². The Morgan fingerprint density at radius 2 is 2.38 bits per heavy atom. The number of ether oxygens (including phenoxy) is 1. The Labute approximate surface area is 78.9 Å². The number of hydrogen-bond acceptors (Lipinski definition) is 3. The van der Waals surface area contributed by atoms with Crippen LogP contribution in [0.4, 0.5) is 0 Å². The van der Waals surface area contributed by atoms with Crippen molar-refractivity contribution in [2.75, 3.05) is 6.61 Å². The van der Waals surface area contributed by atoms with Crippen LogP contribution in [0.3, 0.4) is 0 Å². The Morgan fingerprint density at radius 1 is 1.69 bits per heavy atom. The molecule has 13 heavy (non-hydrogen) atoms. The number of nitrogens with two attached hydrogens (primary N) is 1. The molecule has 1 aliphatic carbocycles. The van der Waals surface area contributed by atoms with E-state index in [0.29, 0.717) is 18.1 Å². The van der Waals surface area contributed by atoms with Crippen molar-refractivity contribution >= 4 is 5.97 Å². The Hall–Kier alpha value is -0.990. The minimum atomic E-state index is -0.230. The molecule has 0 saturated heterocycles. The predicted octanol–water partition coefficient (Wildman–Crippen LogP) is 1.58. The van der Waals surface area contributed by atoms with E-state index < -0.39 is 0 Å². The van der Waals surface area contributed by atoms with Gasteiger partial charge < -0.3 is 10.5 Å². The number of allylic oxidation sites excluding steroid dienone is 1. The summed E-state index contributed by atoms with van der Waals surface area (Å²) in [6, 6.07) is 0. The van der Waals surface area contributed by atoms with Gasteiger partial charge in [0, 0.05) is 5.70 Å². The molecule has 0 saturated carbocycles. The highest BCUT2D eigenvalue weighted by molar-refractivity contribution is 5.89. The van der Waals surface area contributed by atoms with Gasteiger partial charge in [-0.2, -0.15) is 0 Å². The Morgan fingerprint density at radius 3 is 3.00 bits per heavy atom. The molecular weight excluding hydrogens is 166 g/mol. The van der Waals surface area contributed by atoms with E-state index in [-0.39, 0.29) is 5.97 Å². The van der Waals surface area contributed by atoms with Gasteiger partial charge in [0.15, 0.2) is 0 Å². The largest absolute Gasteiger partial charge is 0.463 e. The summed E-state index contributed by atoms with van der Waals surface area (Å²) >= 11 is 0. The molecule has 0 aromatic rings. The second-order valence-corrected chi connectivity index (χ2v) is 3.57. The van der Waals surface area contributed by atoms with Crippen molar-refractivity contribution in [3.63, 3.8) is 0 Å². The lowest BCUT2D eigenvalue weighted by molar-refractivity contribution is -0.139. The molecule has 74 valence electrons. The highest BCUT2D eigenvalue weighted by Gasteiger charge is 2.22. The molecule has 0 aromatic heterocycles. The van der Waals surface area contributed by atoms with Gasteiger partial charge in [-0.15, -0.1) is 0 Å². The summed E-state index contributed by atoms with van der Waals surface area (Å²) in [6.45, 7) is 4.36. The van der Waals surface area contributed by atoms with Gasteiger partial charge in [-0.1, -0.05) is 6.92 Å². The molecule has 0 heterocycles. The number of rotatable bonds is 2. The first kappa shape index (κ1) is 10.1. The SMILES string of the molecule is CCOC(=O)C1=C(N)CC[C@H](C)C1. The van der Waals surface area contributed by atoms with E-state index >= 15 is 0 Å². The molecule has 3 nitrogen and oxygen atoms in total. The molecule has 0 aromatic carbocycles. The Balaban J connectivity index is 2.70. The van der Waals surface area contributed by atoms with Crippen LogP contribution in [0.15, 0.2) is 11.3 Å². The molecule has 3 heteroatoms. The van der Waals surface area contributed by atoms with Crippen molar-refractivity contribution in [1.82, 2.24) is 0 Å². The van der Waals surface area contributed by atoms with Gasteiger partial charge in [0.1, 0.15) is 0 Å². The summed E-state index contributed by atoms with van der Waals surface area (Å²) in [5, 5.41) is 0. The summed E-state index contributed by atoms with van der Waals surface area (Å²) in [5.74, 6) is 0.318. The van der Waals surface area contributed by atoms with Crippen molar-refractivity contribution in [2.24, 2.45) is 11.7 Å². The van der Waals surface area contributed by atoms with Gasteiger partial charge in [-0.25, -0.2) is 4.79 Å². The molecule has 1 atom stereocenters. The lowest BCUT2D eigenvalue weighted by Crippen LogP contribution is -2.20. The van der Waals surface area contributed by atoms with Crippen LogP contribution >= 0.6 is 0 Å². The fraction of sp³-hybridized carbons (Fsp3) is 0.700. The third-order valence-electron chi connectivity index (χ3n) is 2.37. The van der Waals surface area contributed by atoms with Crippen LogP contribution in [0, 0.1) is 5.92 Å². The summed E-state index contributed by atoms with van der Waals surface area (Å²) in [5.41, 5.74) is 7.17. The van der Waals surface area contributed by atoms with E-state index in [1.807, 2.05) is 0 Å². The smallest absolute Gasteiger partial charge is 0.335 e. The normalized spacial score (nSPS) is 23.1. The monoisotopic (exact) mass is 183 g/mol. The van der Waals surface area contributed by atoms with Crippen molar-refractivity contribution in [3.05, 3.63) is 11.3 Å². The summed E-state index contributed by atoms with van der Waals surface area (Å²) in [7, 11) is 0. The van der Waals surface area contributed by atoms with Crippen molar-refractivity contribution < 1.29 is 9.53 Å². The average Bonchev–Trinajstić information content (AvgIpc) is 2.09. The average molecular weight is 183 g/mol. The van der Waals surface area contributed by atoms with Crippen LogP contribution in [0.1, 0.15) is 33.1 Å². The van der Waals surface area contributed by atoms with Gasteiger partial charge in [-0.05, 0) is 32.1 Å². The second kappa shape index (κ2) is 4.30. The highest BCUT2D eigenvalue weighted by Crippen LogP contribution is 2.27. The molecule has 0 aliphatic heterocycles. The summed E-state index contributed by atoms with van der Waals surface area (Å²) in [4.78, 5) is 11.4. The van der Waals surface area contributed by atoms with E-state index in [1.54, 1.807) is 6.92 Å². The Kier molecular flexibility index (Phi) is 3.34. The van der Waals surface area contributed by atoms with E-state index in [1.165, 1.54) is 0 Å². The summed E-state index contributed by atoms with van der Waals surface area (Å²) in [6.07, 6.45) is 2.68. The van der Waals surface area contributed by atoms with Crippen LogP contribution in [0.2, 0.25) is 0 Å². The molecule has 0 bridgehead atoms. The van der Waals surface area contributed by atoms with Crippen LogP contribution in [0.5, 0.6) is 0 Å². The number of esters is 1. The van der Waals surface area contributed by atoms with Gasteiger partial charge in [0.05, 0.1) is 12.2 Å². The highest BCUT2D eigenvalue weighted by atomic mass is 16.5. The third-order valence-corrected chi connectivity index (χ3v) is 2.37. The zero-order chi connectivity index (χ0) is 9.84. The standard InChI is InChI=1S/C10H17NO2/c1-3-13-10(12)8-6-7(2)4-5-9(8)11/h7H,3-6,11H2,1-2H3/t7-/m0/s1. The second-order valence-electron chi connectivity index (χ2n) is 3.57. The predicted molar refractivity (Wildman–Crippen MR) is 50.9 cm³/mol. The lowest BCUT2D eigenvalue weighted by atomic mass is 9.88. The van der Waals surface area contributed by atoms with Crippen LogP contribution in [-0.2, 0) is 9.53 Å². The third kappa shape index (κ3) is 2.47. The van der Waals surface area contributed by atoms with Gasteiger partial charge in [0.2, 0.25) is 0 Å². The number of hydrogen-bond donors (Lipinski definition) is 1. The summed E-state index contributed by atoms with van der Waals surface area (Å²) < 4.78 is 4.92. The molecule has 1 aliphatic rings. The maximum absolute atomic E-state index is 11.4. The molecule has 0 fully saturated rings. The molecule has 0 spiro atoms. The van der Waals surface area contributed by atoms with E-state index in [2.05, 4.69) is 6.92 Å². The van der Waals surface area contributed by atoms with Crippen LogP contribution < -0.4 is 5.73 Å². The number of carbonyl (C=O) groups is 1. The topological polar surface area (TPSA) is 52.3 Å². The lowest BCUT2D eigenvalue weighted by Gasteiger charge is -2.21. The van der Waals surface area contributed by atoms with Crippen molar-refractivity contribution in [3.8, 4) is 0 Å². The van der Waals surface area contributed by atoms with E-state index in [4.69, 9.17) is 10.5 Å². The fourth-order valence-corrected chi connectivity index (χ4v) is 1.57. The van der Waals surface area contributed by atoms with Gasteiger partial charge >= 0.3 is 5.97 Å². The molecule has 1 rings (SSSR count). The first-order valence-electron chi connectivity index (χ1n) is 4.79. The molecule has 0 unspecified atom stereocenters. The van der Waals surface area contributed by atoms with E-state index in [9.17, 15) is 4.79 Å². The van der Waals surface area contributed by atoms with Crippen molar-refractivity contribution in [2.45, 2.75) is 33.1 Å². The molecule has 0 radical (unpaired) electrons. The minimum Gasteiger partial charge on any atom is -0.463 e. The van der Waals surface area contributed by atoms with Gasteiger partial charge in [0.25, 0.3) is 0 Å².